The van der Waals surface area contributed by atoms with Crippen molar-refractivity contribution in [1.29, 1.82) is 0 Å². The number of hydrogen-bond acceptors (Lipinski definition) is 4. The highest BCUT2D eigenvalue weighted by Gasteiger charge is 2.26. The monoisotopic (exact) mass is 393 g/mol. The summed E-state index contributed by atoms with van der Waals surface area (Å²) in [6.07, 6.45) is 4.04. The van der Waals surface area contributed by atoms with E-state index in [0.29, 0.717) is 12.2 Å². The SMILES string of the molecule is Cc1cc(C)n(-c2ccccc2NC(=O)NCC(c2ccco2)N2CCCC2)n1. The summed E-state index contributed by atoms with van der Waals surface area (Å²) in [5, 5.41) is 10.5. The molecular formula is C22H27N5O2. The van der Waals surface area contributed by atoms with Gasteiger partial charge in [-0.25, -0.2) is 9.48 Å². The highest BCUT2D eigenvalue weighted by molar-refractivity contribution is 5.91. The van der Waals surface area contributed by atoms with Crippen LogP contribution in [0.15, 0.2) is 53.1 Å². The summed E-state index contributed by atoms with van der Waals surface area (Å²) < 4.78 is 7.47. The van der Waals surface area contributed by atoms with Gasteiger partial charge >= 0.3 is 6.03 Å². The second-order valence-electron chi connectivity index (χ2n) is 7.47. The number of nitrogens with one attached hydrogen (secondary N) is 2. The van der Waals surface area contributed by atoms with Crippen molar-refractivity contribution in [1.82, 2.24) is 20.0 Å². The average molecular weight is 393 g/mol. The number of rotatable bonds is 6. The van der Waals surface area contributed by atoms with E-state index in [-0.39, 0.29) is 12.1 Å². The van der Waals surface area contributed by atoms with E-state index in [1.165, 1.54) is 12.8 Å². The second-order valence-corrected chi connectivity index (χ2v) is 7.47. The number of benzene rings is 1. The predicted octanol–water partition coefficient (Wildman–Crippen LogP) is 4.04. The highest BCUT2D eigenvalue weighted by atomic mass is 16.3. The van der Waals surface area contributed by atoms with Gasteiger partial charge in [-0.15, -0.1) is 0 Å². The Bertz CT molecular complexity index is 958. The van der Waals surface area contributed by atoms with Crippen molar-refractivity contribution in [3.05, 3.63) is 65.9 Å². The molecule has 4 rings (SSSR count). The minimum absolute atomic E-state index is 0.0458. The molecule has 3 aromatic rings. The molecule has 1 atom stereocenters. The lowest BCUT2D eigenvalue weighted by atomic mass is 10.2. The molecule has 3 heterocycles. The molecule has 1 fully saturated rings. The number of urea groups is 1. The predicted molar refractivity (Wildman–Crippen MR) is 112 cm³/mol. The number of likely N-dealkylation sites (tertiary alicyclic amines) is 1. The number of nitrogens with zero attached hydrogens (tertiary/aromatic N) is 3. The molecule has 29 heavy (non-hydrogen) atoms. The average Bonchev–Trinajstić information content (AvgIpc) is 3.46. The van der Waals surface area contributed by atoms with Crippen LogP contribution in [0, 0.1) is 13.8 Å². The molecule has 7 heteroatoms. The van der Waals surface area contributed by atoms with Crippen LogP contribution in [0.25, 0.3) is 5.69 Å². The summed E-state index contributed by atoms with van der Waals surface area (Å²) in [5.74, 6) is 0.884. The maximum Gasteiger partial charge on any atom is 0.319 e. The standard InChI is InChI=1S/C22H27N5O2/c1-16-14-17(2)27(25-16)19-9-4-3-8-18(19)24-22(28)23-15-20(21-10-7-13-29-21)26-11-5-6-12-26/h3-4,7-10,13-14,20H,5-6,11-12,15H2,1-2H3,(H2,23,24,28). The Morgan fingerprint density at radius 1 is 1.17 bits per heavy atom. The van der Waals surface area contributed by atoms with Gasteiger partial charge in [0.15, 0.2) is 0 Å². The van der Waals surface area contributed by atoms with E-state index in [1.54, 1.807) is 6.26 Å². The second kappa shape index (κ2) is 8.53. The third-order valence-electron chi connectivity index (χ3n) is 5.30. The van der Waals surface area contributed by atoms with Crippen molar-refractivity contribution in [2.75, 3.05) is 25.0 Å². The van der Waals surface area contributed by atoms with Crippen molar-refractivity contribution in [2.24, 2.45) is 0 Å². The lowest BCUT2D eigenvalue weighted by Gasteiger charge is -2.26. The van der Waals surface area contributed by atoms with Gasteiger partial charge in [0.05, 0.1) is 29.4 Å². The van der Waals surface area contributed by atoms with Crippen LogP contribution >= 0.6 is 0 Å². The Labute approximate surface area is 170 Å². The summed E-state index contributed by atoms with van der Waals surface area (Å²) in [6, 6.07) is 13.4. The Morgan fingerprint density at radius 3 is 2.66 bits per heavy atom. The Hall–Kier alpha value is -3.06. The highest BCUT2D eigenvalue weighted by Crippen LogP contribution is 2.25. The van der Waals surface area contributed by atoms with Crippen molar-refractivity contribution in [2.45, 2.75) is 32.7 Å². The van der Waals surface area contributed by atoms with Crippen molar-refractivity contribution >= 4 is 11.7 Å². The number of carbonyl (C=O) groups is 1. The largest absolute Gasteiger partial charge is 0.468 e. The molecule has 1 aliphatic rings. The maximum absolute atomic E-state index is 12.7. The molecule has 1 aromatic carbocycles. The minimum Gasteiger partial charge on any atom is -0.468 e. The molecule has 0 spiro atoms. The fraction of sp³-hybridized carbons (Fsp3) is 0.364. The number of aryl methyl sites for hydroxylation is 2. The molecule has 0 saturated carbocycles. The van der Waals surface area contributed by atoms with Gasteiger partial charge in [0.1, 0.15) is 5.76 Å². The first-order valence-electron chi connectivity index (χ1n) is 10.1. The van der Waals surface area contributed by atoms with Crippen LogP contribution < -0.4 is 10.6 Å². The van der Waals surface area contributed by atoms with Gasteiger partial charge in [-0.2, -0.15) is 5.10 Å². The summed E-state index contributed by atoms with van der Waals surface area (Å²) in [5.41, 5.74) is 3.51. The van der Waals surface area contributed by atoms with E-state index < -0.39 is 0 Å². The number of para-hydroxylation sites is 2. The van der Waals surface area contributed by atoms with Crippen LogP contribution in [-0.4, -0.2) is 40.3 Å². The van der Waals surface area contributed by atoms with Gasteiger partial charge in [0.25, 0.3) is 0 Å². The van der Waals surface area contributed by atoms with Crippen LogP contribution in [0.1, 0.15) is 36.0 Å². The van der Waals surface area contributed by atoms with Crippen molar-refractivity contribution < 1.29 is 9.21 Å². The lowest BCUT2D eigenvalue weighted by Crippen LogP contribution is -2.38. The number of amides is 2. The smallest absolute Gasteiger partial charge is 0.319 e. The number of anilines is 1. The first-order chi connectivity index (χ1) is 14.1. The molecule has 1 unspecified atom stereocenters. The van der Waals surface area contributed by atoms with Crippen LogP contribution in [-0.2, 0) is 0 Å². The van der Waals surface area contributed by atoms with E-state index >= 15 is 0 Å². The van der Waals surface area contributed by atoms with E-state index in [9.17, 15) is 4.79 Å². The minimum atomic E-state index is -0.241. The third kappa shape index (κ3) is 4.35. The molecule has 0 radical (unpaired) electrons. The zero-order valence-electron chi connectivity index (χ0n) is 16.9. The fourth-order valence-electron chi connectivity index (χ4n) is 3.94. The van der Waals surface area contributed by atoms with E-state index in [4.69, 9.17) is 4.42 Å². The molecule has 2 aromatic heterocycles. The van der Waals surface area contributed by atoms with Crippen LogP contribution in [0.5, 0.6) is 0 Å². The Balaban J connectivity index is 1.45. The zero-order valence-corrected chi connectivity index (χ0v) is 16.9. The van der Waals surface area contributed by atoms with Crippen molar-refractivity contribution in [3.63, 3.8) is 0 Å². The van der Waals surface area contributed by atoms with Crippen molar-refractivity contribution in [3.8, 4) is 5.69 Å². The van der Waals surface area contributed by atoms with Crippen LogP contribution in [0.3, 0.4) is 0 Å². The third-order valence-corrected chi connectivity index (χ3v) is 5.30. The quantitative estimate of drug-likeness (QED) is 0.663. The van der Waals surface area contributed by atoms with Crippen LogP contribution in [0.2, 0.25) is 0 Å². The molecule has 152 valence electrons. The Morgan fingerprint density at radius 2 is 1.97 bits per heavy atom. The molecule has 7 nitrogen and oxygen atoms in total. The summed E-state index contributed by atoms with van der Waals surface area (Å²) in [4.78, 5) is 15.0. The molecule has 1 aliphatic heterocycles. The lowest BCUT2D eigenvalue weighted by molar-refractivity contribution is 0.207. The maximum atomic E-state index is 12.7. The Kier molecular flexibility index (Phi) is 5.67. The summed E-state index contributed by atoms with van der Waals surface area (Å²) >= 11 is 0. The fourth-order valence-corrected chi connectivity index (χ4v) is 3.94. The van der Waals surface area contributed by atoms with Gasteiger partial charge in [-0.1, -0.05) is 12.1 Å². The van der Waals surface area contributed by atoms with Crippen LogP contribution in [0.4, 0.5) is 10.5 Å². The van der Waals surface area contributed by atoms with Gasteiger partial charge < -0.3 is 15.1 Å². The van der Waals surface area contributed by atoms with E-state index in [2.05, 4.69) is 20.6 Å². The topological polar surface area (TPSA) is 75.3 Å². The van der Waals surface area contributed by atoms with Gasteiger partial charge in [-0.3, -0.25) is 4.90 Å². The molecule has 2 N–H and O–H groups in total. The van der Waals surface area contributed by atoms with E-state index in [1.807, 2.05) is 61.0 Å². The molecule has 0 bridgehead atoms. The van der Waals surface area contributed by atoms with Gasteiger partial charge in [-0.05, 0) is 70.1 Å². The summed E-state index contributed by atoms with van der Waals surface area (Å²) in [6.45, 7) is 6.49. The van der Waals surface area contributed by atoms with E-state index in [0.717, 1.165) is 35.9 Å². The number of carbonyl (C=O) groups excluding carboxylic acids is 1. The molecule has 1 saturated heterocycles. The first kappa shape index (κ1) is 19.3. The number of aromatic nitrogens is 2. The molecular weight excluding hydrogens is 366 g/mol. The normalized spacial score (nSPS) is 15.4. The number of furan rings is 1. The van der Waals surface area contributed by atoms with Gasteiger partial charge in [0, 0.05) is 12.2 Å². The summed E-state index contributed by atoms with van der Waals surface area (Å²) in [7, 11) is 0. The van der Waals surface area contributed by atoms with Gasteiger partial charge in [0.2, 0.25) is 0 Å². The molecule has 2 amide bonds. The zero-order chi connectivity index (χ0) is 20.2. The molecule has 0 aliphatic carbocycles. The number of hydrogen-bond donors (Lipinski definition) is 2. The first-order valence-corrected chi connectivity index (χ1v) is 10.1.